The maximum Gasteiger partial charge on any atom is 0.241 e. The Balaban J connectivity index is 1.76. The fraction of sp³-hybridized carbons (Fsp3) is 0.462. The summed E-state index contributed by atoms with van der Waals surface area (Å²) in [6.07, 6.45) is 3.35. The Kier molecular flexibility index (Phi) is 4.47. The molecule has 0 spiro atoms. The first kappa shape index (κ1) is 14.8. The lowest BCUT2D eigenvalue weighted by Gasteiger charge is -2.27. The van der Waals surface area contributed by atoms with Crippen molar-refractivity contribution < 1.29 is 4.79 Å². The monoisotopic (exact) mass is 344 g/mol. The summed E-state index contributed by atoms with van der Waals surface area (Å²) in [5.41, 5.74) is 1.85. The number of hydrogen-bond acceptors (Lipinski definition) is 5. The topological polar surface area (TPSA) is 58.1 Å². The van der Waals surface area contributed by atoms with Crippen molar-refractivity contribution in [2.75, 3.05) is 25.0 Å². The normalized spacial score (nSPS) is 15.4. The van der Waals surface area contributed by atoms with Crippen LogP contribution in [-0.4, -0.2) is 39.2 Å². The van der Waals surface area contributed by atoms with Crippen LogP contribution in [0, 0.1) is 0 Å². The zero-order chi connectivity index (χ0) is 14.8. The SMILES string of the molecule is O=C(CNc1c(Cl)cc(Cl)c2nsnc12)N1CCCCC1. The zero-order valence-electron chi connectivity index (χ0n) is 11.2. The first-order valence-corrected chi connectivity index (χ1v) is 8.27. The molecule has 1 aliphatic heterocycles. The molecule has 3 rings (SSSR count). The van der Waals surface area contributed by atoms with E-state index in [1.165, 1.54) is 6.42 Å². The van der Waals surface area contributed by atoms with Gasteiger partial charge >= 0.3 is 0 Å². The highest BCUT2D eigenvalue weighted by Crippen LogP contribution is 2.35. The van der Waals surface area contributed by atoms with Gasteiger partial charge in [-0.3, -0.25) is 4.79 Å². The van der Waals surface area contributed by atoms with Crippen LogP contribution in [0.15, 0.2) is 6.07 Å². The van der Waals surface area contributed by atoms with E-state index >= 15 is 0 Å². The molecular formula is C13H14Cl2N4OS. The second-order valence-electron chi connectivity index (χ2n) is 4.97. The summed E-state index contributed by atoms with van der Waals surface area (Å²) < 4.78 is 8.35. The maximum absolute atomic E-state index is 12.2. The van der Waals surface area contributed by atoms with E-state index in [0.717, 1.165) is 37.7 Å². The average Bonchev–Trinajstić information content (AvgIpc) is 2.97. The highest BCUT2D eigenvalue weighted by molar-refractivity contribution is 7.00. The molecule has 1 aromatic heterocycles. The maximum atomic E-state index is 12.2. The van der Waals surface area contributed by atoms with Crippen LogP contribution in [0.1, 0.15) is 19.3 Å². The van der Waals surface area contributed by atoms with Crippen LogP contribution in [0.25, 0.3) is 11.0 Å². The summed E-state index contributed by atoms with van der Waals surface area (Å²) in [5.74, 6) is 0.0806. The number of carbonyl (C=O) groups is 1. The molecule has 1 fully saturated rings. The van der Waals surface area contributed by atoms with E-state index in [1.54, 1.807) is 6.07 Å². The largest absolute Gasteiger partial charge is 0.373 e. The molecule has 0 bridgehead atoms. The van der Waals surface area contributed by atoms with Gasteiger partial charge in [0.1, 0.15) is 11.0 Å². The minimum Gasteiger partial charge on any atom is -0.373 e. The minimum absolute atomic E-state index is 0.0806. The third kappa shape index (κ3) is 3.07. The van der Waals surface area contributed by atoms with Crippen LogP contribution < -0.4 is 5.32 Å². The number of fused-ring (bicyclic) bond motifs is 1. The molecule has 0 unspecified atom stereocenters. The summed E-state index contributed by atoms with van der Waals surface area (Å²) in [7, 11) is 0. The highest BCUT2D eigenvalue weighted by Gasteiger charge is 2.18. The number of nitrogens with one attached hydrogen (secondary N) is 1. The number of amides is 1. The second kappa shape index (κ2) is 6.34. The summed E-state index contributed by atoms with van der Waals surface area (Å²) in [4.78, 5) is 14.1. The number of rotatable bonds is 3. The van der Waals surface area contributed by atoms with Crippen LogP contribution in [-0.2, 0) is 4.79 Å². The van der Waals surface area contributed by atoms with Gasteiger partial charge in [0.15, 0.2) is 0 Å². The van der Waals surface area contributed by atoms with E-state index in [2.05, 4.69) is 14.1 Å². The second-order valence-corrected chi connectivity index (χ2v) is 6.31. The van der Waals surface area contributed by atoms with Crippen molar-refractivity contribution in [3.63, 3.8) is 0 Å². The van der Waals surface area contributed by atoms with Crippen molar-refractivity contribution in [2.45, 2.75) is 19.3 Å². The van der Waals surface area contributed by atoms with Crippen LogP contribution in [0.5, 0.6) is 0 Å². The fourth-order valence-corrected chi connectivity index (χ4v) is 3.64. The van der Waals surface area contributed by atoms with Crippen LogP contribution in [0.3, 0.4) is 0 Å². The predicted molar refractivity (Wildman–Crippen MR) is 86.4 cm³/mol. The van der Waals surface area contributed by atoms with Crippen molar-refractivity contribution in [3.8, 4) is 0 Å². The van der Waals surface area contributed by atoms with Gasteiger partial charge in [0.25, 0.3) is 0 Å². The quantitative estimate of drug-likeness (QED) is 0.926. The molecule has 1 aliphatic rings. The number of carbonyl (C=O) groups excluding carboxylic acids is 1. The first-order chi connectivity index (χ1) is 10.2. The Hall–Kier alpha value is -1.11. The molecule has 2 heterocycles. The molecule has 0 radical (unpaired) electrons. The number of benzene rings is 1. The van der Waals surface area contributed by atoms with Crippen LogP contribution in [0.4, 0.5) is 5.69 Å². The molecular weight excluding hydrogens is 331 g/mol. The van der Waals surface area contributed by atoms with Gasteiger partial charge in [-0.05, 0) is 25.3 Å². The molecule has 112 valence electrons. The lowest BCUT2D eigenvalue weighted by Crippen LogP contribution is -2.39. The smallest absolute Gasteiger partial charge is 0.241 e. The zero-order valence-corrected chi connectivity index (χ0v) is 13.6. The van der Waals surface area contributed by atoms with Crippen LogP contribution in [0.2, 0.25) is 10.0 Å². The van der Waals surface area contributed by atoms with Crippen molar-refractivity contribution in [1.82, 2.24) is 13.6 Å². The Labute approximate surface area is 136 Å². The molecule has 8 heteroatoms. The number of nitrogens with zero attached hydrogens (tertiary/aromatic N) is 3. The van der Waals surface area contributed by atoms with Gasteiger partial charge < -0.3 is 10.2 Å². The molecule has 5 nitrogen and oxygen atoms in total. The number of halogens is 2. The molecule has 1 aromatic carbocycles. The predicted octanol–water partition coefficient (Wildman–Crippen LogP) is 3.42. The van der Waals surface area contributed by atoms with E-state index < -0.39 is 0 Å². The fourth-order valence-electron chi connectivity index (χ4n) is 2.46. The highest BCUT2D eigenvalue weighted by atomic mass is 35.5. The van der Waals surface area contributed by atoms with E-state index in [1.807, 2.05) is 4.90 Å². The Bertz CT molecular complexity index is 669. The van der Waals surface area contributed by atoms with Gasteiger partial charge in [-0.2, -0.15) is 8.75 Å². The number of anilines is 1. The first-order valence-electron chi connectivity index (χ1n) is 6.78. The third-order valence-corrected chi connectivity index (χ3v) is 4.68. The van der Waals surface area contributed by atoms with Gasteiger partial charge in [0.05, 0.1) is 34.0 Å². The molecule has 1 amide bonds. The van der Waals surface area contributed by atoms with E-state index in [4.69, 9.17) is 23.2 Å². The summed E-state index contributed by atoms with van der Waals surface area (Å²) in [6, 6.07) is 1.63. The molecule has 0 saturated carbocycles. The summed E-state index contributed by atoms with van der Waals surface area (Å²) in [5, 5.41) is 4.01. The number of hydrogen-bond donors (Lipinski definition) is 1. The van der Waals surface area contributed by atoms with Gasteiger partial charge in [0.2, 0.25) is 5.91 Å². The van der Waals surface area contributed by atoms with Crippen LogP contribution >= 0.6 is 34.9 Å². The van der Waals surface area contributed by atoms with Gasteiger partial charge in [-0.1, -0.05) is 23.2 Å². The number of piperidine rings is 1. The van der Waals surface area contributed by atoms with Gasteiger partial charge in [-0.25, -0.2) is 0 Å². The molecule has 0 atom stereocenters. The standard InChI is InChI=1S/C13H14Cl2N4OS/c14-8-6-9(15)12-13(18-21-17-12)11(8)16-7-10(20)19-4-2-1-3-5-19/h6,16H,1-5,7H2. The molecule has 0 aliphatic carbocycles. The van der Waals surface area contributed by atoms with E-state index in [-0.39, 0.29) is 12.5 Å². The molecule has 21 heavy (non-hydrogen) atoms. The molecule has 2 aromatic rings. The Morgan fingerprint density at radius 1 is 1.19 bits per heavy atom. The van der Waals surface area contributed by atoms with Crippen molar-refractivity contribution in [2.24, 2.45) is 0 Å². The Morgan fingerprint density at radius 3 is 2.67 bits per heavy atom. The van der Waals surface area contributed by atoms with E-state index in [9.17, 15) is 4.79 Å². The third-order valence-electron chi connectivity index (χ3n) is 3.57. The average molecular weight is 345 g/mol. The lowest BCUT2D eigenvalue weighted by molar-refractivity contribution is -0.130. The number of aromatic nitrogens is 2. The van der Waals surface area contributed by atoms with Gasteiger partial charge in [-0.15, -0.1) is 0 Å². The lowest BCUT2D eigenvalue weighted by atomic mass is 10.1. The Morgan fingerprint density at radius 2 is 1.90 bits per heavy atom. The van der Waals surface area contributed by atoms with Gasteiger partial charge in [0, 0.05) is 13.1 Å². The van der Waals surface area contributed by atoms with Crippen molar-refractivity contribution in [3.05, 3.63) is 16.1 Å². The minimum atomic E-state index is 0.0806. The summed E-state index contributed by atoms with van der Waals surface area (Å²) >= 11 is 13.4. The molecule has 1 N–H and O–H groups in total. The van der Waals surface area contributed by atoms with Crippen molar-refractivity contribution in [1.29, 1.82) is 0 Å². The summed E-state index contributed by atoms with van der Waals surface area (Å²) in [6.45, 7) is 1.87. The van der Waals surface area contributed by atoms with Crippen molar-refractivity contribution >= 4 is 57.6 Å². The van der Waals surface area contributed by atoms with E-state index in [0.29, 0.717) is 26.8 Å². The molecule has 1 saturated heterocycles. The number of likely N-dealkylation sites (tertiary alicyclic amines) is 1.